The first kappa shape index (κ1) is 9.30. The molecule has 0 spiro atoms. The lowest BCUT2D eigenvalue weighted by atomic mass is 10.2. The molecule has 1 unspecified atom stereocenters. The minimum atomic E-state index is 0.694. The van der Waals surface area contributed by atoms with Crippen molar-refractivity contribution in [1.82, 2.24) is 25.0 Å². The van der Waals surface area contributed by atoms with Gasteiger partial charge in [0.15, 0.2) is 0 Å². The minimum absolute atomic E-state index is 0.694. The Morgan fingerprint density at radius 3 is 3.33 bits per heavy atom. The molecule has 15 heavy (non-hydrogen) atoms. The third-order valence-corrected chi connectivity index (χ3v) is 3.36. The Bertz CT molecular complexity index is 328. The minimum Gasteiger partial charge on any atom is -0.315 e. The van der Waals surface area contributed by atoms with E-state index in [-0.39, 0.29) is 0 Å². The van der Waals surface area contributed by atoms with Crippen LogP contribution in [-0.4, -0.2) is 45.3 Å². The van der Waals surface area contributed by atoms with Crippen LogP contribution in [0.4, 0.5) is 0 Å². The number of hydrogen-bond acceptors (Lipinski definition) is 4. The van der Waals surface area contributed by atoms with Crippen molar-refractivity contribution in [3.63, 3.8) is 0 Å². The van der Waals surface area contributed by atoms with E-state index in [1.54, 1.807) is 0 Å². The molecule has 0 aliphatic carbocycles. The van der Waals surface area contributed by atoms with E-state index in [0.717, 1.165) is 32.0 Å². The summed E-state index contributed by atoms with van der Waals surface area (Å²) in [7, 11) is 0. The summed E-state index contributed by atoms with van der Waals surface area (Å²) < 4.78 is 2.15. The third kappa shape index (κ3) is 1.89. The van der Waals surface area contributed by atoms with Crippen LogP contribution in [0, 0.1) is 0 Å². The van der Waals surface area contributed by atoms with E-state index in [1.165, 1.54) is 19.4 Å². The predicted molar refractivity (Wildman–Crippen MR) is 56.3 cm³/mol. The second-order valence-corrected chi connectivity index (χ2v) is 4.47. The molecule has 1 fully saturated rings. The molecule has 1 atom stereocenters. The average molecular weight is 207 g/mol. The number of aromatic nitrogens is 3. The van der Waals surface area contributed by atoms with E-state index >= 15 is 0 Å². The highest BCUT2D eigenvalue weighted by atomic mass is 15.3. The van der Waals surface area contributed by atoms with Gasteiger partial charge in [0, 0.05) is 25.7 Å². The van der Waals surface area contributed by atoms with Crippen LogP contribution < -0.4 is 5.32 Å². The molecule has 0 amide bonds. The van der Waals surface area contributed by atoms with Crippen LogP contribution in [0.15, 0.2) is 6.33 Å². The highest BCUT2D eigenvalue weighted by Gasteiger charge is 2.22. The maximum Gasteiger partial charge on any atom is 0.147 e. The van der Waals surface area contributed by atoms with Crippen LogP contribution in [-0.2, 0) is 13.1 Å². The lowest BCUT2D eigenvalue weighted by Crippen LogP contribution is -2.41. The van der Waals surface area contributed by atoms with Gasteiger partial charge in [-0.3, -0.25) is 4.90 Å². The zero-order valence-corrected chi connectivity index (χ0v) is 8.89. The smallest absolute Gasteiger partial charge is 0.147 e. The van der Waals surface area contributed by atoms with Gasteiger partial charge < -0.3 is 9.88 Å². The van der Waals surface area contributed by atoms with E-state index < -0.39 is 0 Å². The number of nitrogens with zero attached hydrogens (tertiary/aromatic N) is 4. The van der Waals surface area contributed by atoms with Gasteiger partial charge in [0.05, 0.1) is 6.54 Å². The quantitative estimate of drug-likeness (QED) is 0.732. The highest BCUT2D eigenvalue weighted by molar-refractivity contribution is 4.91. The van der Waals surface area contributed by atoms with Gasteiger partial charge in [0.2, 0.25) is 0 Å². The summed E-state index contributed by atoms with van der Waals surface area (Å²) in [6.45, 7) is 5.47. The fourth-order valence-corrected chi connectivity index (χ4v) is 2.50. The van der Waals surface area contributed by atoms with E-state index in [2.05, 4.69) is 25.0 Å². The zero-order valence-electron chi connectivity index (χ0n) is 8.89. The molecule has 0 bridgehead atoms. The van der Waals surface area contributed by atoms with Gasteiger partial charge in [0.1, 0.15) is 12.2 Å². The van der Waals surface area contributed by atoms with Crippen molar-refractivity contribution < 1.29 is 0 Å². The van der Waals surface area contributed by atoms with Crippen LogP contribution in [0.5, 0.6) is 0 Å². The molecule has 3 heterocycles. The first-order valence-corrected chi connectivity index (χ1v) is 5.74. The van der Waals surface area contributed by atoms with Gasteiger partial charge in [-0.2, -0.15) is 0 Å². The first-order chi connectivity index (χ1) is 7.42. The van der Waals surface area contributed by atoms with Gasteiger partial charge >= 0.3 is 0 Å². The topological polar surface area (TPSA) is 46.0 Å². The van der Waals surface area contributed by atoms with Crippen molar-refractivity contribution >= 4 is 0 Å². The highest BCUT2D eigenvalue weighted by Crippen LogP contribution is 2.12. The number of hydrogen-bond donors (Lipinski definition) is 1. The van der Waals surface area contributed by atoms with Crippen molar-refractivity contribution in [3.05, 3.63) is 12.2 Å². The Morgan fingerprint density at radius 2 is 2.47 bits per heavy atom. The second-order valence-electron chi connectivity index (χ2n) is 4.47. The monoisotopic (exact) mass is 207 g/mol. The van der Waals surface area contributed by atoms with Crippen LogP contribution >= 0.6 is 0 Å². The lowest BCUT2D eigenvalue weighted by molar-refractivity contribution is 0.199. The molecule has 0 saturated carbocycles. The van der Waals surface area contributed by atoms with Gasteiger partial charge in [-0.05, 0) is 19.4 Å². The Labute approximate surface area is 89.5 Å². The maximum absolute atomic E-state index is 4.13. The van der Waals surface area contributed by atoms with Crippen molar-refractivity contribution in [2.75, 3.05) is 19.6 Å². The van der Waals surface area contributed by atoms with Gasteiger partial charge in [-0.1, -0.05) is 0 Å². The summed E-state index contributed by atoms with van der Waals surface area (Å²) in [6.07, 6.45) is 4.48. The largest absolute Gasteiger partial charge is 0.315 e. The van der Waals surface area contributed by atoms with Crippen molar-refractivity contribution in [2.45, 2.75) is 32.0 Å². The third-order valence-electron chi connectivity index (χ3n) is 3.36. The number of fused-ring (bicyclic) bond motifs is 1. The predicted octanol–water partition coefficient (Wildman–Crippen LogP) is -0.154. The van der Waals surface area contributed by atoms with E-state index in [1.807, 2.05) is 6.33 Å². The molecule has 82 valence electrons. The van der Waals surface area contributed by atoms with Crippen LogP contribution in [0.25, 0.3) is 0 Å². The fraction of sp³-hybridized carbons (Fsp3) is 0.800. The summed E-state index contributed by atoms with van der Waals surface area (Å²) in [5.74, 6) is 1.11. The van der Waals surface area contributed by atoms with Crippen LogP contribution in [0.3, 0.4) is 0 Å². The summed E-state index contributed by atoms with van der Waals surface area (Å²) in [5, 5.41) is 11.6. The second kappa shape index (κ2) is 3.90. The fourth-order valence-electron chi connectivity index (χ4n) is 2.50. The van der Waals surface area contributed by atoms with Gasteiger partial charge in [-0.25, -0.2) is 0 Å². The molecular weight excluding hydrogens is 190 g/mol. The molecule has 3 rings (SSSR count). The SMILES string of the molecule is c1nnc2n1CCN(CC1CCCN1)C2. The molecule has 5 nitrogen and oxygen atoms in total. The molecule has 0 aromatic carbocycles. The molecule has 1 N–H and O–H groups in total. The maximum atomic E-state index is 4.13. The van der Waals surface area contributed by atoms with E-state index in [4.69, 9.17) is 0 Å². The molecule has 2 aliphatic heterocycles. The standard InChI is InChI=1S/C10H17N5/c1-2-9(11-3-1)6-14-4-5-15-8-12-13-10(15)7-14/h8-9,11H,1-7H2. The lowest BCUT2D eigenvalue weighted by Gasteiger charge is -2.29. The summed E-state index contributed by atoms with van der Waals surface area (Å²) in [5.41, 5.74) is 0. The van der Waals surface area contributed by atoms with Crippen molar-refractivity contribution in [1.29, 1.82) is 0 Å². The Kier molecular flexibility index (Phi) is 2.42. The van der Waals surface area contributed by atoms with Crippen molar-refractivity contribution in [2.24, 2.45) is 0 Å². The normalized spacial score (nSPS) is 26.8. The molecule has 1 aromatic rings. The average Bonchev–Trinajstić information content (AvgIpc) is 2.87. The van der Waals surface area contributed by atoms with E-state index in [9.17, 15) is 0 Å². The molecule has 1 saturated heterocycles. The van der Waals surface area contributed by atoms with Gasteiger partial charge in [-0.15, -0.1) is 10.2 Å². The summed E-state index contributed by atoms with van der Waals surface area (Å²) in [6, 6.07) is 0.694. The molecule has 5 heteroatoms. The molecular formula is C10H17N5. The van der Waals surface area contributed by atoms with Crippen LogP contribution in [0.1, 0.15) is 18.7 Å². The molecule has 1 aromatic heterocycles. The van der Waals surface area contributed by atoms with Crippen molar-refractivity contribution in [3.8, 4) is 0 Å². The molecule has 0 radical (unpaired) electrons. The number of nitrogens with one attached hydrogen (secondary N) is 1. The zero-order chi connectivity index (χ0) is 10.1. The summed E-state index contributed by atoms with van der Waals surface area (Å²) >= 11 is 0. The number of rotatable bonds is 2. The Morgan fingerprint density at radius 1 is 1.47 bits per heavy atom. The van der Waals surface area contributed by atoms with Crippen LogP contribution in [0.2, 0.25) is 0 Å². The molecule has 2 aliphatic rings. The Balaban J connectivity index is 1.61. The van der Waals surface area contributed by atoms with Gasteiger partial charge in [0.25, 0.3) is 0 Å². The summed E-state index contributed by atoms with van der Waals surface area (Å²) in [4.78, 5) is 2.48. The Hall–Kier alpha value is -0.940. The van der Waals surface area contributed by atoms with E-state index in [0.29, 0.717) is 6.04 Å². The first-order valence-electron chi connectivity index (χ1n) is 5.74.